The summed E-state index contributed by atoms with van der Waals surface area (Å²) in [6.07, 6.45) is -3.02. The van der Waals surface area contributed by atoms with Crippen LogP contribution in [-0.2, 0) is 21.4 Å². The number of nitrogens with two attached hydrogens (primary N) is 1. The molecule has 0 radical (unpaired) electrons. The molecule has 4 N–H and O–H groups in total. The van der Waals surface area contributed by atoms with Gasteiger partial charge >= 0.3 is 6.18 Å². The first-order valence-electron chi connectivity index (χ1n) is 13.6. The molecule has 0 atom stereocenters. The lowest BCUT2D eigenvalue weighted by molar-refractivity contribution is -0.140. The van der Waals surface area contributed by atoms with Gasteiger partial charge in [0.15, 0.2) is 0 Å². The molecule has 1 fully saturated rings. The number of halogens is 3. The first-order valence-corrected chi connectivity index (χ1v) is 15.1. The zero-order valence-corrected chi connectivity index (χ0v) is 25.0. The highest BCUT2D eigenvalue weighted by molar-refractivity contribution is 7.89. The van der Waals surface area contributed by atoms with Crippen LogP contribution in [0.2, 0.25) is 0 Å². The number of carbonyl (C=O) groups excluding carboxylic acids is 1. The number of carbonyl (C=O) groups is 1. The number of nitrogens with one attached hydrogen (secondary N) is 2. The van der Waals surface area contributed by atoms with Gasteiger partial charge in [0.05, 0.1) is 42.0 Å². The van der Waals surface area contributed by atoms with Crippen LogP contribution in [0.15, 0.2) is 47.4 Å². The van der Waals surface area contributed by atoms with Crippen molar-refractivity contribution in [3.8, 4) is 17.6 Å². The Balaban J connectivity index is 1.53. The first kappa shape index (κ1) is 32.0. The fraction of sp³-hybridized carbons (Fsp3) is 0.414. The number of aromatic nitrogens is 1. The van der Waals surface area contributed by atoms with Gasteiger partial charge in [-0.1, -0.05) is 12.0 Å². The monoisotopic (exact) mass is 620 g/mol. The number of likely N-dealkylation sites (tertiary alicyclic amines) is 1. The Bertz CT molecular complexity index is 1640. The molecule has 2 heterocycles. The lowest BCUT2D eigenvalue weighted by Gasteiger charge is -2.33. The number of fused-ring (bicyclic) bond motifs is 1. The number of sulfonamides is 1. The molecule has 0 unspecified atom stereocenters. The van der Waals surface area contributed by atoms with Crippen molar-refractivity contribution in [1.29, 1.82) is 0 Å². The van der Waals surface area contributed by atoms with E-state index in [4.69, 9.17) is 9.88 Å². The molecule has 1 aliphatic rings. The number of anilines is 2. The summed E-state index contributed by atoms with van der Waals surface area (Å²) in [6, 6.07) is 10.9. The molecule has 1 aromatic heterocycles. The standard InChI is InChI=1S/C29H35F3N6O4S/c1-36(2)18-28(39)37-14-11-20(12-15-37)35-24-7-4-8-26-23(24)16-21(38(26)19-29(30,31)32)6-5-13-34-25-10-9-22(43(33,40)41)17-27(25)42-3/h4,7-10,16-17,20,34-35H,11-15,18-19H2,1-3H3,(H2,33,40,41). The Morgan fingerprint density at radius 2 is 1.86 bits per heavy atom. The largest absolute Gasteiger partial charge is 0.495 e. The van der Waals surface area contributed by atoms with E-state index >= 15 is 0 Å². The lowest BCUT2D eigenvalue weighted by Crippen LogP contribution is -2.45. The average Bonchev–Trinajstić information content (AvgIpc) is 3.27. The molecule has 4 rings (SSSR count). The van der Waals surface area contributed by atoms with E-state index < -0.39 is 22.7 Å². The Hall–Kier alpha value is -3.93. The van der Waals surface area contributed by atoms with Gasteiger partial charge < -0.3 is 29.7 Å². The van der Waals surface area contributed by atoms with E-state index in [-0.39, 0.29) is 34.8 Å². The van der Waals surface area contributed by atoms with Gasteiger partial charge in [0, 0.05) is 36.3 Å². The molecular formula is C29H35F3N6O4S. The van der Waals surface area contributed by atoms with Crippen molar-refractivity contribution in [1.82, 2.24) is 14.4 Å². The molecule has 43 heavy (non-hydrogen) atoms. The molecule has 0 bridgehead atoms. The van der Waals surface area contributed by atoms with Crippen LogP contribution in [0.5, 0.6) is 5.75 Å². The molecule has 2 aromatic carbocycles. The summed E-state index contributed by atoms with van der Waals surface area (Å²) in [4.78, 5) is 15.9. The molecule has 0 aliphatic carbocycles. The zero-order chi connectivity index (χ0) is 31.4. The summed E-state index contributed by atoms with van der Waals surface area (Å²) in [5, 5.41) is 12.3. The number of hydrogen-bond donors (Lipinski definition) is 3. The number of likely N-dealkylation sites (N-methyl/N-ethyl adjacent to an activating group) is 1. The smallest absolute Gasteiger partial charge is 0.406 e. The van der Waals surface area contributed by atoms with E-state index in [1.165, 1.54) is 25.3 Å². The molecule has 232 valence electrons. The quantitative estimate of drug-likeness (QED) is 0.314. The number of nitrogens with zero attached hydrogens (tertiary/aromatic N) is 3. The molecular weight excluding hydrogens is 585 g/mol. The number of benzene rings is 2. The fourth-order valence-corrected chi connectivity index (χ4v) is 5.52. The van der Waals surface area contributed by atoms with Crippen molar-refractivity contribution < 1.29 is 31.1 Å². The third-order valence-corrected chi connectivity index (χ3v) is 7.94. The molecule has 14 heteroatoms. The summed E-state index contributed by atoms with van der Waals surface area (Å²) < 4.78 is 70.4. The van der Waals surface area contributed by atoms with Crippen molar-refractivity contribution >= 4 is 38.2 Å². The minimum absolute atomic E-state index is 0.0504. The Morgan fingerprint density at radius 3 is 2.49 bits per heavy atom. The number of primary sulfonamides is 1. The number of ether oxygens (including phenoxy) is 1. The molecule has 10 nitrogen and oxygen atoms in total. The van der Waals surface area contributed by atoms with Crippen LogP contribution in [0.1, 0.15) is 18.5 Å². The predicted octanol–water partition coefficient (Wildman–Crippen LogP) is 3.29. The second-order valence-corrected chi connectivity index (χ2v) is 12.1. The number of methoxy groups -OCH3 is 1. The van der Waals surface area contributed by atoms with Crippen LogP contribution < -0.4 is 20.5 Å². The van der Waals surface area contributed by atoms with Crippen molar-refractivity contribution in [2.75, 3.05) is 58.0 Å². The highest BCUT2D eigenvalue weighted by Gasteiger charge is 2.30. The highest BCUT2D eigenvalue weighted by atomic mass is 32.2. The van der Waals surface area contributed by atoms with Gasteiger partial charge in [0.2, 0.25) is 15.9 Å². The van der Waals surface area contributed by atoms with E-state index in [1.54, 1.807) is 18.2 Å². The summed E-state index contributed by atoms with van der Waals surface area (Å²) >= 11 is 0. The maximum Gasteiger partial charge on any atom is 0.406 e. The minimum Gasteiger partial charge on any atom is -0.495 e. The summed E-state index contributed by atoms with van der Waals surface area (Å²) in [6.45, 7) is 0.409. The van der Waals surface area contributed by atoms with E-state index in [0.717, 1.165) is 17.4 Å². The van der Waals surface area contributed by atoms with Gasteiger partial charge in [0.25, 0.3) is 0 Å². The van der Waals surface area contributed by atoms with Crippen LogP contribution in [-0.4, -0.2) is 88.3 Å². The summed E-state index contributed by atoms with van der Waals surface area (Å²) in [7, 11) is 1.14. The van der Waals surface area contributed by atoms with Crippen LogP contribution in [0, 0.1) is 11.8 Å². The maximum atomic E-state index is 13.6. The number of hydrogen-bond acceptors (Lipinski definition) is 7. The van der Waals surface area contributed by atoms with Crippen molar-refractivity contribution in [2.45, 2.75) is 36.5 Å². The van der Waals surface area contributed by atoms with Crippen LogP contribution in [0.3, 0.4) is 0 Å². The number of rotatable bonds is 9. The van der Waals surface area contributed by atoms with Gasteiger partial charge in [-0.2, -0.15) is 13.2 Å². The Labute approximate surface area is 249 Å². The van der Waals surface area contributed by atoms with Crippen molar-refractivity contribution in [3.05, 3.63) is 48.2 Å². The third-order valence-electron chi connectivity index (χ3n) is 7.03. The SMILES string of the molecule is COc1cc(S(N)(=O)=O)ccc1NCC#Cc1cc2c(NC3CCN(C(=O)CN(C)C)CC3)cccc2n1CC(F)(F)F. The molecule has 1 saturated heterocycles. The maximum absolute atomic E-state index is 13.6. The fourth-order valence-electron chi connectivity index (χ4n) is 5.00. The van der Waals surface area contributed by atoms with E-state index in [2.05, 4.69) is 22.5 Å². The Morgan fingerprint density at radius 1 is 1.14 bits per heavy atom. The lowest BCUT2D eigenvalue weighted by atomic mass is 10.0. The van der Waals surface area contributed by atoms with Crippen LogP contribution >= 0.6 is 0 Å². The van der Waals surface area contributed by atoms with Gasteiger partial charge in [-0.15, -0.1) is 0 Å². The second kappa shape index (κ2) is 13.2. The normalized spacial score (nSPS) is 14.5. The topological polar surface area (TPSA) is 122 Å². The molecule has 0 saturated carbocycles. The van der Waals surface area contributed by atoms with E-state index in [0.29, 0.717) is 41.9 Å². The van der Waals surface area contributed by atoms with Gasteiger partial charge in [-0.3, -0.25) is 4.79 Å². The van der Waals surface area contributed by atoms with Crippen molar-refractivity contribution in [2.24, 2.45) is 5.14 Å². The van der Waals surface area contributed by atoms with Crippen LogP contribution in [0.4, 0.5) is 24.5 Å². The van der Waals surface area contributed by atoms with E-state index in [9.17, 15) is 26.4 Å². The number of piperidine rings is 1. The molecule has 3 aromatic rings. The van der Waals surface area contributed by atoms with Gasteiger partial charge in [-0.05, 0) is 63.2 Å². The van der Waals surface area contributed by atoms with Gasteiger partial charge in [0.1, 0.15) is 12.3 Å². The molecule has 1 amide bonds. The predicted molar refractivity (Wildman–Crippen MR) is 160 cm³/mol. The highest BCUT2D eigenvalue weighted by Crippen LogP contribution is 2.31. The Kier molecular flexibility index (Phi) is 9.79. The number of amides is 1. The van der Waals surface area contributed by atoms with Gasteiger partial charge in [-0.25, -0.2) is 13.6 Å². The third kappa shape index (κ3) is 8.34. The molecule has 1 aliphatic heterocycles. The first-order chi connectivity index (χ1) is 20.2. The second-order valence-electron chi connectivity index (χ2n) is 10.6. The summed E-state index contributed by atoms with van der Waals surface area (Å²) in [5.41, 5.74) is 1.75. The van der Waals surface area contributed by atoms with Crippen molar-refractivity contribution in [3.63, 3.8) is 0 Å². The zero-order valence-electron chi connectivity index (χ0n) is 24.2. The van der Waals surface area contributed by atoms with E-state index in [1.807, 2.05) is 30.0 Å². The molecule has 0 spiro atoms. The average molecular weight is 621 g/mol. The van der Waals surface area contributed by atoms with Crippen LogP contribution in [0.25, 0.3) is 10.9 Å². The minimum atomic E-state index is -4.46. The number of alkyl halides is 3. The summed E-state index contributed by atoms with van der Waals surface area (Å²) in [5.74, 6) is 6.01.